The van der Waals surface area contributed by atoms with Crippen molar-refractivity contribution in [3.05, 3.63) is 88.4 Å². The van der Waals surface area contributed by atoms with Crippen molar-refractivity contribution < 1.29 is 14.3 Å². The smallest absolute Gasteiger partial charge is 0.262 e. The Labute approximate surface area is 194 Å². The first-order chi connectivity index (χ1) is 15.0. The van der Waals surface area contributed by atoms with Gasteiger partial charge >= 0.3 is 0 Å². The van der Waals surface area contributed by atoms with Crippen molar-refractivity contribution in [2.45, 2.75) is 5.37 Å². The van der Waals surface area contributed by atoms with Crippen LogP contribution in [-0.4, -0.2) is 24.2 Å². The van der Waals surface area contributed by atoms with Gasteiger partial charge in [-0.25, -0.2) is 0 Å². The standard InChI is InChI=1S/C23H18Cl2N2O3S/c24-16-7-9-18(10-8-16)27-22(29)14-31-23(27)15-6-11-20(19(25)12-15)30-13-21(28)26-17-4-2-1-3-5-17/h1-12,23H,13-14H2,(H,26,28)/t23-/m1/s1. The Morgan fingerprint density at radius 1 is 1.06 bits per heavy atom. The van der Waals surface area contributed by atoms with Crippen LogP contribution in [0.4, 0.5) is 11.4 Å². The highest BCUT2D eigenvalue weighted by Gasteiger charge is 2.34. The Hall–Kier alpha value is -2.67. The first-order valence-electron chi connectivity index (χ1n) is 9.47. The Morgan fingerprint density at radius 2 is 1.81 bits per heavy atom. The predicted molar refractivity (Wildman–Crippen MR) is 126 cm³/mol. The topological polar surface area (TPSA) is 58.6 Å². The number of hydrogen-bond acceptors (Lipinski definition) is 4. The highest BCUT2D eigenvalue weighted by atomic mass is 35.5. The van der Waals surface area contributed by atoms with Gasteiger partial charge in [-0.15, -0.1) is 11.8 Å². The number of amides is 2. The molecule has 1 atom stereocenters. The summed E-state index contributed by atoms with van der Waals surface area (Å²) in [6.07, 6.45) is 0. The molecular formula is C23H18Cl2N2O3S. The average molecular weight is 473 g/mol. The molecule has 4 rings (SSSR count). The van der Waals surface area contributed by atoms with Gasteiger partial charge in [0.25, 0.3) is 5.91 Å². The van der Waals surface area contributed by atoms with E-state index in [1.165, 1.54) is 11.8 Å². The number of carbonyl (C=O) groups is 2. The number of halogens is 2. The van der Waals surface area contributed by atoms with E-state index in [9.17, 15) is 9.59 Å². The average Bonchev–Trinajstić information content (AvgIpc) is 3.15. The molecule has 0 aliphatic carbocycles. The van der Waals surface area contributed by atoms with E-state index >= 15 is 0 Å². The monoisotopic (exact) mass is 472 g/mol. The van der Waals surface area contributed by atoms with E-state index in [1.54, 1.807) is 41.3 Å². The van der Waals surface area contributed by atoms with Crippen LogP contribution in [0.15, 0.2) is 72.8 Å². The van der Waals surface area contributed by atoms with Gasteiger partial charge in [-0.2, -0.15) is 0 Å². The number of ether oxygens (including phenoxy) is 1. The van der Waals surface area contributed by atoms with Gasteiger partial charge < -0.3 is 10.1 Å². The summed E-state index contributed by atoms with van der Waals surface area (Å²) in [5, 5.41) is 3.54. The summed E-state index contributed by atoms with van der Waals surface area (Å²) in [6, 6.07) is 21.7. The van der Waals surface area contributed by atoms with Gasteiger partial charge in [-0.05, 0) is 54.1 Å². The zero-order valence-electron chi connectivity index (χ0n) is 16.3. The zero-order valence-corrected chi connectivity index (χ0v) is 18.6. The van der Waals surface area contributed by atoms with Gasteiger partial charge in [0.1, 0.15) is 11.1 Å². The fraction of sp³-hybridized carbons (Fsp3) is 0.130. The number of hydrogen-bond donors (Lipinski definition) is 1. The minimum atomic E-state index is -0.280. The Balaban J connectivity index is 1.44. The molecule has 3 aromatic rings. The second-order valence-electron chi connectivity index (χ2n) is 6.80. The second kappa shape index (κ2) is 9.64. The summed E-state index contributed by atoms with van der Waals surface area (Å²) in [5.74, 6) is 0.521. The van der Waals surface area contributed by atoms with Crippen LogP contribution in [0.2, 0.25) is 10.0 Å². The summed E-state index contributed by atoms with van der Waals surface area (Å²) in [4.78, 5) is 26.3. The van der Waals surface area contributed by atoms with Crippen molar-refractivity contribution in [3.8, 4) is 5.75 Å². The molecule has 1 aliphatic heterocycles. The predicted octanol–water partition coefficient (Wildman–Crippen LogP) is 5.79. The molecule has 0 spiro atoms. The molecule has 8 heteroatoms. The van der Waals surface area contributed by atoms with E-state index in [1.807, 2.05) is 36.4 Å². The molecule has 31 heavy (non-hydrogen) atoms. The SMILES string of the molecule is O=C(COc1ccc([C@H]2SCC(=O)N2c2ccc(Cl)cc2)cc1Cl)Nc1ccccc1. The molecule has 158 valence electrons. The number of nitrogens with zero attached hydrogens (tertiary/aromatic N) is 1. The fourth-order valence-corrected chi connectivity index (χ4v) is 4.74. The maximum atomic E-state index is 12.5. The Bertz CT molecular complexity index is 1090. The van der Waals surface area contributed by atoms with Crippen molar-refractivity contribution >= 4 is 58.2 Å². The molecule has 0 unspecified atom stereocenters. The number of rotatable bonds is 6. The van der Waals surface area contributed by atoms with E-state index in [2.05, 4.69) is 5.32 Å². The molecule has 1 fully saturated rings. The van der Waals surface area contributed by atoms with Crippen molar-refractivity contribution in [1.29, 1.82) is 0 Å². The van der Waals surface area contributed by atoms with Crippen molar-refractivity contribution in [2.24, 2.45) is 0 Å². The van der Waals surface area contributed by atoms with Gasteiger partial charge in [0, 0.05) is 16.4 Å². The van der Waals surface area contributed by atoms with Crippen molar-refractivity contribution in [1.82, 2.24) is 0 Å². The molecule has 2 amide bonds. The van der Waals surface area contributed by atoms with Crippen molar-refractivity contribution in [3.63, 3.8) is 0 Å². The van der Waals surface area contributed by atoms with Crippen LogP contribution >= 0.6 is 35.0 Å². The summed E-state index contributed by atoms with van der Waals surface area (Å²) in [6.45, 7) is -0.165. The number of thioether (sulfide) groups is 1. The fourth-order valence-electron chi connectivity index (χ4n) is 3.20. The summed E-state index contributed by atoms with van der Waals surface area (Å²) < 4.78 is 5.59. The normalized spacial score (nSPS) is 15.7. The van der Waals surface area contributed by atoms with Crippen LogP contribution < -0.4 is 15.0 Å². The van der Waals surface area contributed by atoms with E-state index in [4.69, 9.17) is 27.9 Å². The number of nitrogens with one attached hydrogen (secondary N) is 1. The highest BCUT2D eigenvalue weighted by Crippen LogP contribution is 2.43. The minimum Gasteiger partial charge on any atom is -0.482 e. The van der Waals surface area contributed by atoms with Crippen LogP contribution in [0, 0.1) is 0 Å². The Kier molecular flexibility index (Phi) is 6.70. The minimum absolute atomic E-state index is 0.0198. The molecule has 3 aromatic carbocycles. The lowest BCUT2D eigenvalue weighted by molar-refractivity contribution is -0.118. The first-order valence-corrected chi connectivity index (χ1v) is 11.3. The van der Waals surface area contributed by atoms with Crippen LogP contribution in [0.3, 0.4) is 0 Å². The van der Waals surface area contributed by atoms with E-state index < -0.39 is 0 Å². The third-order valence-corrected chi connectivity index (χ3v) is 6.39. The lowest BCUT2D eigenvalue weighted by Gasteiger charge is -2.25. The zero-order chi connectivity index (χ0) is 21.8. The van der Waals surface area contributed by atoms with Gasteiger partial charge in [0.2, 0.25) is 5.91 Å². The molecule has 1 saturated heterocycles. The molecule has 1 N–H and O–H groups in total. The highest BCUT2D eigenvalue weighted by molar-refractivity contribution is 8.00. The van der Waals surface area contributed by atoms with E-state index in [0.29, 0.717) is 27.2 Å². The lowest BCUT2D eigenvalue weighted by Crippen LogP contribution is -2.27. The third kappa shape index (κ3) is 5.15. The largest absolute Gasteiger partial charge is 0.482 e. The number of para-hydroxylation sites is 1. The van der Waals surface area contributed by atoms with Gasteiger partial charge in [0.15, 0.2) is 6.61 Å². The van der Waals surface area contributed by atoms with Gasteiger partial charge in [-0.3, -0.25) is 14.5 Å². The van der Waals surface area contributed by atoms with Crippen LogP contribution in [0.25, 0.3) is 0 Å². The molecule has 5 nitrogen and oxygen atoms in total. The van der Waals surface area contributed by atoms with Crippen LogP contribution in [0.1, 0.15) is 10.9 Å². The summed E-state index contributed by atoms with van der Waals surface area (Å²) >= 11 is 13.9. The van der Waals surface area contributed by atoms with Crippen LogP contribution in [0.5, 0.6) is 5.75 Å². The summed E-state index contributed by atoms with van der Waals surface area (Å²) in [5.41, 5.74) is 2.35. The molecule has 1 heterocycles. The van der Waals surface area contributed by atoms with E-state index in [-0.39, 0.29) is 23.8 Å². The second-order valence-corrected chi connectivity index (χ2v) is 8.71. The lowest BCUT2D eigenvalue weighted by atomic mass is 10.1. The number of carbonyl (C=O) groups excluding carboxylic acids is 2. The van der Waals surface area contributed by atoms with Crippen LogP contribution in [-0.2, 0) is 9.59 Å². The first kappa shape index (κ1) is 21.6. The third-order valence-electron chi connectivity index (χ3n) is 4.63. The maximum absolute atomic E-state index is 12.5. The van der Waals surface area contributed by atoms with Gasteiger partial charge in [-0.1, -0.05) is 47.5 Å². The molecule has 0 saturated carbocycles. The molecule has 1 aliphatic rings. The molecular weight excluding hydrogens is 455 g/mol. The molecule has 0 radical (unpaired) electrons. The quantitative estimate of drug-likeness (QED) is 0.493. The summed E-state index contributed by atoms with van der Waals surface area (Å²) in [7, 11) is 0. The number of anilines is 2. The molecule has 0 aromatic heterocycles. The molecule has 0 bridgehead atoms. The van der Waals surface area contributed by atoms with E-state index in [0.717, 1.165) is 11.3 Å². The maximum Gasteiger partial charge on any atom is 0.262 e. The van der Waals surface area contributed by atoms with Gasteiger partial charge in [0.05, 0.1) is 10.8 Å². The Morgan fingerprint density at radius 3 is 2.52 bits per heavy atom. The number of benzene rings is 3. The van der Waals surface area contributed by atoms with Crippen molar-refractivity contribution in [2.75, 3.05) is 22.6 Å².